The number of nitrogens with zero attached hydrogens (tertiary/aromatic N) is 1. The number of rotatable bonds is 9. The second-order valence-corrected chi connectivity index (χ2v) is 7.44. The lowest BCUT2D eigenvalue weighted by Gasteiger charge is -2.23. The smallest absolute Gasteiger partial charge is 0.166 e. The largest absolute Gasteiger partial charge is 0.493 e. The molecule has 28 heavy (non-hydrogen) atoms. The van der Waals surface area contributed by atoms with Crippen LogP contribution in [0.2, 0.25) is 5.02 Å². The molecule has 152 valence electrons. The summed E-state index contributed by atoms with van der Waals surface area (Å²) in [6.45, 7) is 6.39. The minimum Gasteiger partial charge on any atom is -0.493 e. The molecule has 3 rings (SSSR count). The van der Waals surface area contributed by atoms with Crippen molar-refractivity contribution in [1.29, 1.82) is 0 Å². The number of benzene rings is 2. The fraction of sp³-hybridized carbons (Fsp3) is 0.455. The van der Waals surface area contributed by atoms with E-state index in [1.54, 1.807) is 13.2 Å². The van der Waals surface area contributed by atoms with Gasteiger partial charge in [0.1, 0.15) is 12.4 Å². The molecule has 0 aromatic heterocycles. The average Bonchev–Trinajstić information content (AvgIpc) is 3.15. The van der Waals surface area contributed by atoms with Gasteiger partial charge in [0.25, 0.3) is 0 Å². The summed E-state index contributed by atoms with van der Waals surface area (Å²) >= 11 is 6.12. The molecule has 0 saturated carbocycles. The zero-order chi connectivity index (χ0) is 19.9. The summed E-state index contributed by atoms with van der Waals surface area (Å²) < 4.78 is 24.8. The van der Waals surface area contributed by atoms with Crippen LogP contribution in [0.3, 0.4) is 0 Å². The minimum absolute atomic E-state index is 0.249. The van der Waals surface area contributed by atoms with Gasteiger partial charge in [0, 0.05) is 30.3 Å². The topological polar surface area (TPSA) is 33.7 Å². The Morgan fingerprint density at radius 3 is 2.86 bits per heavy atom. The van der Waals surface area contributed by atoms with Crippen LogP contribution in [-0.4, -0.2) is 37.7 Å². The summed E-state index contributed by atoms with van der Waals surface area (Å²) in [4.78, 5) is 2.52. The predicted molar refractivity (Wildman–Crippen MR) is 111 cm³/mol. The fourth-order valence-electron chi connectivity index (χ4n) is 3.73. The molecule has 6 heteroatoms. The van der Waals surface area contributed by atoms with Crippen LogP contribution < -0.4 is 14.8 Å². The van der Waals surface area contributed by atoms with Crippen LogP contribution in [0.4, 0.5) is 4.39 Å². The molecule has 2 aromatic carbocycles. The Labute approximate surface area is 171 Å². The summed E-state index contributed by atoms with van der Waals surface area (Å²) in [7, 11) is 1.63. The molecule has 1 aliphatic rings. The zero-order valence-corrected chi connectivity index (χ0v) is 17.3. The highest BCUT2D eigenvalue weighted by atomic mass is 35.5. The number of para-hydroxylation sites is 1. The Kier molecular flexibility index (Phi) is 7.54. The van der Waals surface area contributed by atoms with Crippen molar-refractivity contribution in [3.63, 3.8) is 0 Å². The molecule has 0 aliphatic carbocycles. The highest BCUT2D eigenvalue weighted by Crippen LogP contribution is 2.32. The number of halogens is 2. The first kappa shape index (κ1) is 20.9. The first-order valence-electron chi connectivity index (χ1n) is 9.79. The highest BCUT2D eigenvalue weighted by molar-refractivity contribution is 6.31. The third-order valence-electron chi connectivity index (χ3n) is 5.27. The quantitative estimate of drug-likeness (QED) is 0.657. The summed E-state index contributed by atoms with van der Waals surface area (Å²) in [6.07, 6.45) is 2.51. The van der Waals surface area contributed by atoms with Gasteiger partial charge >= 0.3 is 0 Å². The van der Waals surface area contributed by atoms with Crippen molar-refractivity contribution in [3.05, 3.63) is 58.4 Å². The van der Waals surface area contributed by atoms with E-state index in [1.807, 2.05) is 18.2 Å². The van der Waals surface area contributed by atoms with E-state index in [0.29, 0.717) is 29.1 Å². The lowest BCUT2D eigenvalue weighted by Crippen LogP contribution is -2.37. The van der Waals surface area contributed by atoms with Gasteiger partial charge in [0.2, 0.25) is 0 Å². The van der Waals surface area contributed by atoms with E-state index in [0.717, 1.165) is 24.2 Å². The summed E-state index contributed by atoms with van der Waals surface area (Å²) in [5.74, 6) is 1.01. The molecule has 1 fully saturated rings. The normalized spacial score (nSPS) is 17.1. The van der Waals surface area contributed by atoms with Gasteiger partial charge in [-0.2, -0.15) is 0 Å². The summed E-state index contributed by atoms with van der Waals surface area (Å²) in [6, 6.07) is 10.8. The Balaban J connectivity index is 1.66. The van der Waals surface area contributed by atoms with Crippen molar-refractivity contribution in [2.75, 3.05) is 26.7 Å². The van der Waals surface area contributed by atoms with Crippen molar-refractivity contribution in [2.45, 2.75) is 39.0 Å². The van der Waals surface area contributed by atoms with Crippen LogP contribution in [0.5, 0.6) is 11.5 Å². The van der Waals surface area contributed by atoms with Crippen molar-refractivity contribution in [1.82, 2.24) is 10.2 Å². The van der Waals surface area contributed by atoms with Crippen molar-refractivity contribution < 1.29 is 13.9 Å². The number of nitrogens with one attached hydrogen (secondary N) is 1. The highest BCUT2D eigenvalue weighted by Gasteiger charge is 2.22. The number of methoxy groups -OCH3 is 1. The second-order valence-electron chi connectivity index (χ2n) is 7.03. The van der Waals surface area contributed by atoms with Gasteiger partial charge in [-0.05, 0) is 44.1 Å². The summed E-state index contributed by atoms with van der Waals surface area (Å²) in [5.41, 5.74) is 1.76. The summed E-state index contributed by atoms with van der Waals surface area (Å²) in [5, 5.41) is 3.92. The standard InChI is InChI=1S/C22H28ClFN2O2/c1-3-26-11-5-7-19(26)14-25-13-16-6-4-8-21(27-2)22(16)28-15-17-9-10-18(24)12-20(17)23/h4,6,8-10,12,19,25H,3,5,7,11,13-15H2,1-2H3/t19-/m0/s1. The van der Waals surface area contributed by atoms with E-state index in [4.69, 9.17) is 21.1 Å². The Bertz CT molecular complexity index is 787. The lowest BCUT2D eigenvalue weighted by molar-refractivity contribution is 0.258. The number of likely N-dealkylation sites (N-methyl/N-ethyl adjacent to an activating group) is 1. The number of hydrogen-bond donors (Lipinski definition) is 1. The average molecular weight is 407 g/mol. The first-order chi connectivity index (χ1) is 13.6. The SMILES string of the molecule is CCN1CCC[C@H]1CNCc1cccc(OC)c1OCc1ccc(F)cc1Cl. The molecule has 1 heterocycles. The van der Waals surface area contributed by atoms with E-state index < -0.39 is 0 Å². The molecule has 0 amide bonds. The number of ether oxygens (including phenoxy) is 2. The molecule has 2 aromatic rings. The van der Waals surface area contributed by atoms with Crippen LogP contribution in [0.1, 0.15) is 30.9 Å². The number of hydrogen-bond acceptors (Lipinski definition) is 4. The molecular weight excluding hydrogens is 379 g/mol. The molecule has 1 atom stereocenters. The maximum atomic E-state index is 13.3. The van der Waals surface area contributed by atoms with Gasteiger partial charge in [-0.25, -0.2) is 4.39 Å². The maximum Gasteiger partial charge on any atom is 0.166 e. The lowest BCUT2D eigenvalue weighted by atomic mass is 10.1. The van der Waals surface area contributed by atoms with Crippen LogP contribution in [0.25, 0.3) is 0 Å². The first-order valence-corrected chi connectivity index (χ1v) is 10.2. The van der Waals surface area contributed by atoms with Crippen LogP contribution in [0, 0.1) is 5.82 Å². The zero-order valence-electron chi connectivity index (χ0n) is 16.5. The van der Waals surface area contributed by atoms with E-state index in [2.05, 4.69) is 17.1 Å². The van der Waals surface area contributed by atoms with Crippen molar-refractivity contribution in [2.24, 2.45) is 0 Å². The van der Waals surface area contributed by atoms with Gasteiger partial charge in [-0.1, -0.05) is 36.7 Å². The molecule has 1 N–H and O–H groups in total. The van der Waals surface area contributed by atoms with Crippen molar-refractivity contribution >= 4 is 11.6 Å². The molecule has 0 radical (unpaired) electrons. The Morgan fingerprint density at radius 1 is 1.25 bits per heavy atom. The van der Waals surface area contributed by atoms with Crippen LogP contribution in [0.15, 0.2) is 36.4 Å². The van der Waals surface area contributed by atoms with Crippen LogP contribution in [-0.2, 0) is 13.2 Å². The van der Waals surface area contributed by atoms with Gasteiger partial charge in [0.15, 0.2) is 11.5 Å². The van der Waals surface area contributed by atoms with Gasteiger partial charge < -0.3 is 14.8 Å². The van der Waals surface area contributed by atoms with Gasteiger partial charge in [0.05, 0.1) is 12.1 Å². The Morgan fingerprint density at radius 2 is 2.11 bits per heavy atom. The second kappa shape index (κ2) is 10.1. The van der Waals surface area contributed by atoms with Crippen LogP contribution >= 0.6 is 11.6 Å². The molecule has 0 spiro atoms. The van der Waals surface area contributed by atoms with E-state index in [9.17, 15) is 4.39 Å². The van der Waals surface area contributed by atoms with Gasteiger partial charge in [-0.15, -0.1) is 0 Å². The molecule has 0 bridgehead atoms. The van der Waals surface area contributed by atoms with E-state index in [-0.39, 0.29) is 12.4 Å². The minimum atomic E-state index is -0.357. The fourth-order valence-corrected chi connectivity index (χ4v) is 3.95. The maximum absolute atomic E-state index is 13.3. The number of likely N-dealkylation sites (tertiary alicyclic amines) is 1. The molecule has 1 aliphatic heterocycles. The van der Waals surface area contributed by atoms with Gasteiger partial charge in [-0.3, -0.25) is 4.90 Å². The molecule has 1 saturated heterocycles. The van der Waals surface area contributed by atoms with E-state index in [1.165, 1.54) is 31.5 Å². The third kappa shape index (κ3) is 5.16. The Hall–Kier alpha value is -1.82. The van der Waals surface area contributed by atoms with Crippen molar-refractivity contribution in [3.8, 4) is 11.5 Å². The molecular formula is C22H28ClFN2O2. The third-order valence-corrected chi connectivity index (χ3v) is 5.62. The molecule has 0 unspecified atom stereocenters. The monoisotopic (exact) mass is 406 g/mol. The van der Waals surface area contributed by atoms with E-state index >= 15 is 0 Å². The predicted octanol–water partition coefficient (Wildman–Crippen LogP) is 4.64. The molecule has 4 nitrogen and oxygen atoms in total.